The van der Waals surface area contributed by atoms with Crippen LogP contribution in [0, 0.1) is 10.8 Å². The molecule has 0 spiro atoms. The van der Waals surface area contributed by atoms with Crippen molar-refractivity contribution < 1.29 is 9.53 Å². The van der Waals surface area contributed by atoms with E-state index in [-0.39, 0.29) is 28.8 Å². The Bertz CT molecular complexity index is 284. The van der Waals surface area contributed by atoms with Crippen LogP contribution in [0.3, 0.4) is 0 Å². The Kier molecular flexibility index (Phi) is 4.78. The average molecular weight is 256 g/mol. The molecule has 0 aromatic heterocycles. The van der Waals surface area contributed by atoms with Crippen LogP contribution >= 0.6 is 0 Å². The van der Waals surface area contributed by atoms with Crippen molar-refractivity contribution >= 4 is 5.91 Å². The molecule has 1 amide bonds. The van der Waals surface area contributed by atoms with Crippen LogP contribution in [0.4, 0.5) is 0 Å². The minimum atomic E-state index is -0.0287. The molecule has 4 heteroatoms. The largest absolute Gasteiger partial charge is 0.382 e. The van der Waals surface area contributed by atoms with Crippen LogP contribution < -0.4 is 11.1 Å². The average Bonchev–Trinajstić information content (AvgIpc) is 2.30. The van der Waals surface area contributed by atoms with E-state index in [1.807, 2.05) is 6.92 Å². The van der Waals surface area contributed by atoms with E-state index in [1.54, 1.807) is 0 Å². The van der Waals surface area contributed by atoms with E-state index in [2.05, 4.69) is 33.0 Å². The first-order chi connectivity index (χ1) is 8.24. The molecule has 0 unspecified atom stereocenters. The maximum atomic E-state index is 11.9. The van der Waals surface area contributed by atoms with Crippen molar-refractivity contribution in [1.29, 1.82) is 0 Å². The van der Waals surface area contributed by atoms with Gasteiger partial charge in [0, 0.05) is 42.5 Å². The molecule has 0 radical (unpaired) electrons. The van der Waals surface area contributed by atoms with E-state index in [9.17, 15) is 4.79 Å². The predicted molar refractivity (Wildman–Crippen MR) is 73.2 cm³/mol. The van der Waals surface area contributed by atoms with Crippen LogP contribution in [0.5, 0.6) is 0 Å². The molecule has 18 heavy (non-hydrogen) atoms. The van der Waals surface area contributed by atoms with Gasteiger partial charge >= 0.3 is 0 Å². The van der Waals surface area contributed by atoms with Crippen molar-refractivity contribution in [2.24, 2.45) is 16.6 Å². The van der Waals surface area contributed by atoms with E-state index < -0.39 is 0 Å². The third-order valence-corrected chi connectivity index (χ3v) is 4.29. The summed E-state index contributed by atoms with van der Waals surface area (Å²) in [5.74, 6) is 0.104. The Hall–Kier alpha value is -0.610. The summed E-state index contributed by atoms with van der Waals surface area (Å²) in [6.07, 6.45) is 1.30. The van der Waals surface area contributed by atoms with Crippen molar-refractivity contribution in [2.45, 2.75) is 59.5 Å². The molecular weight excluding hydrogens is 228 g/mol. The van der Waals surface area contributed by atoms with Crippen LogP contribution in [0.1, 0.15) is 47.5 Å². The lowest BCUT2D eigenvalue weighted by molar-refractivity contribution is -0.132. The molecule has 0 atom stereocenters. The van der Waals surface area contributed by atoms with E-state index >= 15 is 0 Å². The Morgan fingerprint density at radius 2 is 1.83 bits per heavy atom. The third kappa shape index (κ3) is 2.86. The number of hydrogen-bond acceptors (Lipinski definition) is 3. The molecule has 0 saturated heterocycles. The maximum absolute atomic E-state index is 11.9. The van der Waals surface area contributed by atoms with Crippen LogP contribution in [0.2, 0.25) is 0 Å². The number of rotatable bonds is 6. The second-order valence-corrected chi connectivity index (χ2v) is 6.42. The molecule has 1 aliphatic rings. The standard InChI is InChI=1S/C14H28N2O2/c1-6-18-9-7-8-10(17)16-12-13(2,3)11(15)14(12,4)5/h11-12H,6-9,15H2,1-5H3,(H,16,17). The van der Waals surface area contributed by atoms with E-state index in [1.165, 1.54) is 0 Å². The molecule has 106 valence electrons. The summed E-state index contributed by atoms with van der Waals surface area (Å²) < 4.78 is 5.23. The van der Waals surface area contributed by atoms with Gasteiger partial charge in [-0.15, -0.1) is 0 Å². The molecule has 1 aliphatic carbocycles. The Morgan fingerprint density at radius 1 is 1.28 bits per heavy atom. The fraction of sp³-hybridized carbons (Fsp3) is 0.929. The van der Waals surface area contributed by atoms with Gasteiger partial charge in [-0.3, -0.25) is 4.79 Å². The summed E-state index contributed by atoms with van der Waals surface area (Å²) in [4.78, 5) is 11.9. The van der Waals surface area contributed by atoms with Crippen LogP contribution in [0.15, 0.2) is 0 Å². The van der Waals surface area contributed by atoms with E-state index in [0.29, 0.717) is 19.6 Å². The molecule has 1 fully saturated rings. The summed E-state index contributed by atoms with van der Waals surface area (Å²) in [5, 5.41) is 3.13. The Morgan fingerprint density at radius 3 is 2.33 bits per heavy atom. The molecule has 3 N–H and O–H groups in total. The van der Waals surface area contributed by atoms with Gasteiger partial charge in [0.25, 0.3) is 0 Å². The third-order valence-electron chi connectivity index (χ3n) is 4.29. The zero-order valence-corrected chi connectivity index (χ0v) is 12.4. The fourth-order valence-electron chi connectivity index (χ4n) is 3.26. The van der Waals surface area contributed by atoms with Crippen molar-refractivity contribution in [1.82, 2.24) is 5.32 Å². The van der Waals surface area contributed by atoms with Gasteiger partial charge in [-0.05, 0) is 13.3 Å². The first-order valence-electron chi connectivity index (χ1n) is 6.87. The topological polar surface area (TPSA) is 64.3 Å². The number of amides is 1. The van der Waals surface area contributed by atoms with Gasteiger partial charge in [0.1, 0.15) is 0 Å². The number of carbonyl (C=O) groups is 1. The lowest BCUT2D eigenvalue weighted by atomic mass is 9.48. The highest BCUT2D eigenvalue weighted by atomic mass is 16.5. The van der Waals surface area contributed by atoms with Crippen molar-refractivity contribution in [3.8, 4) is 0 Å². The number of ether oxygens (including phenoxy) is 1. The van der Waals surface area contributed by atoms with Crippen LogP contribution in [-0.2, 0) is 9.53 Å². The van der Waals surface area contributed by atoms with Gasteiger partial charge in [-0.25, -0.2) is 0 Å². The van der Waals surface area contributed by atoms with Gasteiger partial charge in [-0.1, -0.05) is 27.7 Å². The Labute approximate surface area is 111 Å². The molecule has 0 heterocycles. The minimum absolute atomic E-state index is 0.0287. The lowest BCUT2D eigenvalue weighted by Crippen LogP contribution is -2.76. The summed E-state index contributed by atoms with van der Waals surface area (Å²) in [7, 11) is 0. The zero-order chi connectivity index (χ0) is 14.0. The summed E-state index contributed by atoms with van der Waals surface area (Å²) in [6.45, 7) is 11.8. The molecular formula is C14H28N2O2. The molecule has 0 bridgehead atoms. The Balaban J connectivity index is 2.40. The maximum Gasteiger partial charge on any atom is 0.220 e. The van der Waals surface area contributed by atoms with Gasteiger partial charge in [-0.2, -0.15) is 0 Å². The molecule has 0 aromatic rings. The second-order valence-electron chi connectivity index (χ2n) is 6.42. The van der Waals surface area contributed by atoms with E-state index in [4.69, 9.17) is 10.5 Å². The van der Waals surface area contributed by atoms with Gasteiger partial charge in [0.15, 0.2) is 0 Å². The molecule has 1 saturated carbocycles. The van der Waals surface area contributed by atoms with Crippen molar-refractivity contribution in [3.63, 3.8) is 0 Å². The predicted octanol–water partition coefficient (Wildman–Crippen LogP) is 1.68. The number of carbonyl (C=O) groups excluding carboxylic acids is 1. The second kappa shape index (κ2) is 5.57. The monoisotopic (exact) mass is 256 g/mol. The molecule has 1 rings (SSSR count). The number of nitrogens with one attached hydrogen (secondary N) is 1. The van der Waals surface area contributed by atoms with Crippen molar-refractivity contribution in [2.75, 3.05) is 13.2 Å². The zero-order valence-electron chi connectivity index (χ0n) is 12.4. The first-order valence-corrected chi connectivity index (χ1v) is 6.87. The summed E-state index contributed by atoms with van der Waals surface area (Å²) in [6, 6.07) is 0.276. The highest BCUT2D eigenvalue weighted by molar-refractivity contribution is 5.76. The fourth-order valence-corrected chi connectivity index (χ4v) is 3.26. The highest BCUT2D eigenvalue weighted by Gasteiger charge is 2.60. The minimum Gasteiger partial charge on any atom is -0.382 e. The molecule has 0 aliphatic heterocycles. The molecule has 0 aromatic carbocycles. The number of hydrogen-bond donors (Lipinski definition) is 2. The quantitative estimate of drug-likeness (QED) is 0.711. The SMILES string of the molecule is CCOCCCC(=O)NC1C(C)(C)C(N)C1(C)C. The van der Waals surface area contributed by atoms with Crippen LogP contribution in [-0.4, -0.2) is 31.2 Å². The smallest absolute Gasteiger partial charge is 0.220 e. The lowest BCUT2D eigenvalue weighted by Gasteiger charge is -2.62. The van der Waals surface area contributed by atoms with E-state index in [0.717, 1.165) is 6.42 Å². The highest BCUT2D eigenvalue weighted by Crippen LogP contribution is 2.52. The summed E-state index contributed by atoms with van der Waals surface area (Å²) in [5.41, 5.74) is 6.11. The number of nitrogens with two attached hydrogens (primary N) is 1. The first kappa shape index (κ1) is 15.4. The van der Waals surface area contributed by atoms with Gasteiger partial charge < -0.3 is 15.8 Å². The van der Waals surface area contributed by atoms with Gasteiger partial charge in [0.2, 0.25) is 5.91 Å². The van der Waals surface area contributed by atoms with Gasteiger partial charge in [0.05, 0.1) is 0 Å². The summed E-state index contributed by atoms with van der Waals surface area (Å²) >= 11 is 0. The van der Waals surface area contributed by atoms with Crippen LogP contribution in [0.25, 0.3) is 0 Å². The van der Waals surface area contributed by atoms with Crippen molar-refractivity contribution in [3.05, 3.63) is 0 Å². The molecule has 4 nitrogen and oxygen atoms in total. The normalized spacial score (nSPS) is 28.6.